The quantitative estimate of drug-likeness (QED) is 0.843. The third kappa shape index (κ3) is 3.42. The number of hydrogen-bond donors (Lipinski definition) is 1. The number of thiophene rings is 1. The molecule has 1 aromatic heterocycles. The van der Waals surface area contributed by atoms with Crippen molar-refractivity contribution in [2.75, 3.05) is 0 Å². The van der Waals surface area contributed by atoms with Crippen LogP contribution in [0.1, 0.15) is 39.8 Å². The zero-order chi connectivity index (χ0) is 14.7. The summed E-state index contributed by atoms with van der Waals surface area (Å²) in [6.45, 7) is 2.07. The summed E-state index contributed by atoms with van der Waals surface area (Å²) in [5.74, 6) is -0.0113. The maximum atomic E-state index is 12.1. The van der Waals surface area contributed by atoms with Crippen LogP contribution in [0.25, 0.3) is 6.08 Å². The molecular formula is C18H19NOS. The average Bonchev–Trinajstić information content (AvgIpc) is 2.91. The highest BCUT2D eigenvalue weighted by Crippen LogP contribution is 2.29. The summed E-state index contributed by atoms with van der Waals surface area (Å²) in [6, 6.07) is 12.7. The summed E-state index contributed by atoms with van der Waals surface area (Å²) in [5.41, 5.74) is 2.64. The van der Waals surface area contributed by atoms with E-state index >= 15 is 0 Å². The second-order valence-electron chi connectivity index (χ2n) is 5.43. The maximum Gasteiger partial charge on any atom is 0.244 e. The van der Waals surface area contributed by atoms with Crippen LogP contribution in [-0.4, -0.2) is 5.91 Å². The Morgan fingerprint density at radius 1 is 1.29 bits per heavy atom. The lowest BCUT2D eigenvalue weighted by Crippen LogP contribution is -2.29. The minimum atomic E-state index is -0.0113. The molecule has 0 spiro atoms. The van der Waals surface area contributed by atoms with Crippen LogP contribution in [0, 0.1) is 6.92 Å². The summed E-state index contributed by atoms with van der Waals surface area (Å²) in [7, 11) is 0. The predicted molar refractivity (Wildman–Crippen MR) is 88.4 cm³/mol. The van der Waals surface area contributed by atoms with Crippen molar-refractivity contribution in [2.45, 2.75) is 32.2 Å². The Labute approximate surface area is 129 Å². The fraction of sp³-hybridized carbons (Fsp3) is 0.278. The summed E-state index contributed by atoms with van der Waals surface area (Å²) in [4.78, 5) is 14.5. The lowest BCUT2D eigenvalue weighted by atomic mass is 9.88. The van der Waals surface area contributed by atoms with E-state index in [2.05, 4.69) is 36.5 Å². The van der Waals surface area contributed by atoms with Crippen LogP contribution in [0.5, 0.6) is 0 Å². The van der Waals surface area contributed by atoms with Crippen molar-refractivity contribution in [2.24, 2.45) is 0 Å². The van der Waals surface area contributed by atoms with E-state index in [1.165, 1.54) is 16.0 Å². The molecule has 2 nitrogen and oxygen atoms in total. The Bertz CT molecular complexity index is 671. The van der Waals surface area contributed by atoms with E-state index in [0.717, 1.165) is 24.1 Å². The fourth-order valence-corrected chi connectivity index (χ4v) is 3.60. The Hall–Kier alpha value is -1.87. The van der Waals surface area contributed by atoms with Gasteiger partial charge in [-0.3, -0.25) is 4.79 Å². The monoisotopic (exact) mass is 297 g/mol. The molecule has 1 heterocycles. The summed E-state index contributed by atoms with van der Waals surface area (Å²) in [6.07, 6.45) is 6.81. The largest absolute Gasteiger partial charge is 0.346 e. The van der Waals surface area contributed by atoms with Gasteiger partial charge >= 0.3 is 0 Å². The van der Waals surface area contributed by atoms with Gasteiger partial charge in [0.05, 0.1) is 6.04 Å². The SMILES string of the molecule is Cc1ccc(/C=C/C(=O)N[C@@H]2CCCc3ccccc32)s1. The Morgan fingerprint density at radius 2 is 2.14 bits per heavy atom. The van der Waals surface area contributed by atoms with Crippen molar-refractivity contribution in [1.29, 1.82) is 0 Å². The first-order valence-electron chi connectivity index (χ1n) is 7.35. The molecule has 108 valence electrons. The molecule has 3 rings (SSSR count). The minimum Gasteiger partial charge on any atom is -0.346 e. The molecule has 1 atom stereocenters. The molecule has 0 aliphatic heterocycles. The molecule has 1 aliphatic rings. The second kappa shape index (κ2) is 6.27. The topological polar surface area (TPSA) is 29.1 Å². The zero-order valence-corrected chi connectivity index (χ0v) is 13.0. The molecule has 0 fully saturated rings. The molecule has 21 heavy (non-hydrogen) atoms. The van der Waals surface area contributed by atoms with Gasteiger partial charge in [0.25, 0.3) is 0 Å². The van der Waals surface area contributed by atoms with Crippen LogP contribution >= 0.6 is 11.3 Å². The highest BCUT2D eigenvalue weighted by Gasteiger charge is 2.20. The van der Waals surface area contributed by atoms with Gasteiger partial charge < -0.3 is 5.32 Å². The number of hydrogen-bond acceptors (Lipinski definition) is 2. The molecule has 1 aromatic carbocycles. The lowest BCUT2D eigenvalue weighted by Gasteiger charge is -2.25. The molecule has 3 heteroatoms. The predicted octanol–water partition coefficient (Wildman–Crippen LogP) is 4.26. The number of carbonyl (C=O) groups excluding carboxylic acids is 1. The third-order valence-electron chi connectivity index (χ3n) is 3.85. The maximum absolute atomic E-state index is 12.1. The lowest BCUT2D eigenvalue weighted by molar-refractivity contribution is -0.117. The van der Waals surface area contributed by atoms with Crippen LogP contribution in [0.4, 0.5) is 0 Å². The molecule has 1 amide bonds. The van der Waals surface area contributed by atoms with Gasteiger partial charge in [-0.15, -0.1) is 11.3 Å². The first kappa shape index (κ1) is 14.1. The molecule has 0 saturated carbocycles. The van der Waals surface area contributed by atoms with Crippen LogP contribution in [0.2, 0.25) is 0 Å². The van der Waals surface area contributed by atoms with Gasteiger partial charge in [0.2, 0.25) is 5.91 Å². The number of fused-ring (bicyclic) bond motifs is 1. The molecule has 0 unspecified atom stereocenters. The van der Waals surface area contributed by atoms with Crippen molar-refractivity contribution in [3.63, 3.8) is 0 Å². The molecule has 2 aromatic rings. The fourth-order valence-electron chi connectivity index (χ4n) is 2.82. The number of aryl methyl sites for hydroxylation is 2. The first-order chi connectivity index (χ1) is 10.2. The number of rotatable bonds is 3. The molecule has 1 N–H and O–H groups in total. The normalized spacial score (nSPS) is 17.7. The van der Waals surface area contributed by atoms with Crippen LogP contribution in [0.15, 0.2) is 42.5 Å². The Kier molecular flexibility index (Phi) is 4.20. The molecule has 0 radical (unpaired) electrons. The van der Waals surface area contributed by atoms with Crippen molar-refractivity contribution in [3.8, 4) is 0 Å². The molecule has 0 bridgehead atoms. The van der Waals surface area contributed by atoms with E-state index in [9.17, 15) is 4.79 Å². The van der Waals surface area contributed by atoms with Crippen LogP contribution in [-0.2, 0) is 11.2 Å². The molecular weight excluding hydrogens is 278 g/mol. The van der Waals surface area contributed by atoms with Crippen molar-refractivity contribution in [3.05, 3.63) is 63.4 Å². The molecule has 1 aliphatic carbocycles. The smallest absolute Gasteiger partial charge is 0.244 e. The highest BCUT2D eigenvalue weighted by molar-refractivity contribution is 7.12. The van der Waals surface area contributed by atoms with Gasteiger partial charge in [-0.05, 0) is 55.5 Å². The van der Waals surface area contributed by atoms with E-state index in [-0.39, 0.29) is 11.9 Å². The number of benzene rings is 1. The van der Waals surface area contributed by atoms with Crippen molar-refractivity contribution >= 4 is 23.3 Å². The highest BCUT2D eigenvalue weighted by atomic mass is 32.1. The summed E-state index contributed by atoms with van der Waals surface area (Å²) in [5, 5.41) is 3.13. The third-order valence-corrected chi connectivity index (χ3v) is 4.81. The number of amides is 1. The zero-order valence-electron chi connectivity index (χ0n) is 12.1. The molecule has 0 saturated heterocycles. The van der Waals surface area contributed by atoms with Gasteiger partial charge in [-0.2, -0.15) is 0 Å². The number of carbonyl (C=O) groups is 1. The Morgan fingerprint density at radius 3 is 2.95 bits per heavy atom. The van der Waals surface area contributed by atoms with E-state index in [1.807, 2.05) is 18.2 Å². The van der Waals surface area contributed by atoms with Crippen LogP contribution < -0.4 is 5.32 Å². The minimum absolute atomic E-state index is 0.0113. The second-order valence-corrected chi connectivity index (χ2v) is 6.75. The summed E-state index contributed by atoms with van der Waals surface area (Å²) >= 11 is 1.70. The van der Waals surface area contributed by atoms with Gasteiger partial charge in [-0.1, -0.05) is 24.3 Å². The van der Waals surface area contributed by atoms with Gasteiger partial charge in [-0.25, -0.2) is 0 Å². The standard InChI is InChI=1S/C18H19NOS/c1-13-9-10-15(21-13)11-12-18(20)19-17-8-4-6-14-5-2-3-7-16(14)17/h2-3,5,7,9-12,17H,4,6,8H2,1H3,(H,19,20)/b12-11+/t17-/m1/s1. The Balaban J connectivity index is 1.67. The average molecular weight is 297 g/mol. The van der Waals surface area contributed by atoms with E-state index in [4.69, 9.17) is 0 Å². The van der Waals surface area contributed by atoms with Gasteiger partial charge in [0, 0.05) is 15.8 Å². The first-order valence-corrected chi connectivity index (χ1v) is 8.17. The van der Waals surface area contributed by atoms with E-state index in [0.29, 0.717) is 0 Å². The van der Waals surface area contributed by atoms with Gasteiger partial charge in [0.15, 0.2) is 0 Å². The van der Waals surface area contributed by atoms with Crippen molar-refractivity contribution in [1.82, 2.24) is 5.32 Å². The summed E-state index contributed by atoms with van der Waals surface area (Å²) < 4.78 is 0. The van der Waals surface area contributed by atoms with E-state index in [1.54, 1.807) is 17.4 Å². The number of nitrogens with one attached hydrogen (secondary N) is 1. The van der Waals surface area contributed by atoms with E-state index < -0.39 is 0 Å². The van der Waals surface area contributed by atoms with Crippen molar-refractivity contribution < 1.29 is 4.79 Å². The van der Waals surface area contributed by atoms with Gasteiger partial charge in [0.1, 0.15) is 0 Å². The van der Waals surface area contributed by atoms with Crippen LogP contribution in [0.3, 0.4) is 0 Å².